The van der Waals surface area contributed by atoms with Gasteiger partial charge in [-0.2, -0.15) is 5.06 Å². The fourth-order valence-electron chi connectivity index (χ4n) is 3.70. The second kappa shape index (κ2) is 9.12. The summed E-state index contributed by atoms with van der Waals surface area (Å²) in [4.78, 5) is 18.4. The maximum absolute atomic E-state index is 12.5. The lowest BCUT2D eigenvalue weighted by Gasteiger charge is -2.42. The molecular weight excluding hydrogens is 334 g/mol. The van der Waals surface area contributed by atoms with Crippen LogP contribution in [-0.4, -0.2) is 34.0 Å². The number of hydrogen-bond acceptors (Lipinski definition) is 5. The van der Waals surface area contributed by atoms with E-state index >= 15 is 0 Å². The molecule has 0 unspecified atom stereocenters. The number of rotatable bonds is 6. The van der Waals surface area contributed by atoms with Gasteiger partial charge < -0.3 is 14.9 Å². The Morgan fingerprint density at radius 3 is 2.62 bits per heavy atom. The van der Waals surface area contributed by atoms with Gasteiger partial charge in [0.2, 0.25) is 0 Å². The molecule has 0 heterocycles. The normalized spacial score (nSPS) is 23.0. The first-order chi connectivity index (χ1) is 12.3. The highest BCUT2D eigenvalue weighted by Crippen LogP contribution is 2.37. The smallest absolute Gasteiger partial charge is 0.434 e. The quantitative estimate of drug-likeness (QED) is 0.575. The van der Waals surface area contributed by atoms with Gasteiger partial charge in [0.05, 0.1) is 12.6 Å². The summed E-state index contributed by atoms with van der Waals surface area (Å²) in [5.74, 6) is 0.917. The van der Waals surface area contributed by atoms with Crippen molar-refractivity contribution in [3.05, 3.63) is 23.8 Å². The second-order valence-electron chi connectivity index (χ2n) is 7.51. The Morgan fingerprint density at radius 1 is 1.27 bits per heavy atom. The molecule has 2 rings (SSSR count). The van der Waals surface area contributed by atoms with Crippen LogP contribution in [0.15, 0.2) is 18.2 Å². The summed E-state index contributed by atoms with van der Waals surface area (Å²) in [6.07, 6.45) is 2.62. The number of aromatic hydroxyl groups is 2. The monoisotopic (exact) mass is 365 g/mol. The van der Waals surface area contributed by atoms with E-state index in [-0.39, 0.29) is 30.8 Å². The van der Waals surface area contributed by atoms with Crippen molar-refractivity contribution in [2.45, 2.75) is 59.6 Å². The molecule has 1 saturated carbocycles. The number of benzene rings is 1. The molecule has 0 aliphatic heterocycles. The largest absolute Gasteiger partial charge is 0.504 e. The van der Waals surface area contributed by atoms with Crippen molar-refractivity contribution in [2.24, 2.45) is 17.8 Å². The minimum absolute atomic E-state index is 0.0384. The molecule has 1 aliphatic rings. The summed E-state index contributed by atoms with van der Waals surface area (Å²) in [6, 6.07) is 4.45. The van der Waals surface area contributed by atoms with Crippen LogP contribution >= 0.6 is 0 Å². The molecule has 1 fully saturated rings. The average Bonchev–Trinajstić information content (AvgIpc) is 2.58. The zero-order valence-corrected chi connectivity index (χ0v) is 16.1. The number of hydrogen-bond donors (Lipinski definition) is 2. The van der Waals surface area contributed by atoms with Gasteiger partial charge >= 0.3 is 6.09 Å². The van der Waals surface area contributed by atoms with Crippen LogP contribution in [0, 0.1) is 17.8 Å². The first-order valence-electron chi connectivity index (χ1n) is 9.43. The maximum atomic E-state index is 12.5. The number of hydroxylamine groups is 2. The van der Waals surface area contributed by atoms with Crippen LogP contribution in [-0.2, 0) is 16.2 Å². The fraction of sp³-hybridized carbons (Fsp3) is 0.650. The van der Waals surface area contributed by atoms with Crippen LogP contribution in [0.2, 0.25) is 0 Å². The zero-order valence-electron chi connectivity index (χ0n) is 16.1. The molecule has 146 valence electrons. The lowest BCUT2D eigenvalue weighted by atomic mass is 9.74. The van der Waals surface area contributed by atoms with Gasteiger partial charge in [-0.05, 0) is 55.2 Å². The van der Waals surface area contributed by atoms with Crippen molar-refractivity contribution in [1.82, 2.24) is 5.06 Å². The highest BCUT2D eigenvalue weighted by atomic mass is 16.7. The standard InChI is InChI=1S/C20H31NO5/c1-5-25-20(24)21(17-10-14(4)6-8-16(17)13(2)3)26-12-15-7-9-18(22)19(23)11-15/h7,9,11,13-14,16-17,22-23H,5-6,8,10,12H2,1-4H3/t14-,16+,17-/m1/s1. The third kappa shape index (κ3) is 5.04. The zero-order chi connectivity index (χ0) is 19.3. The number of phenolic OH excluding ortho intramolecular Hbond substituents is 2. The highest BCUT2D eigenvalue weighted by molar-refractivity contribution is 5.66. The first kappa shape index (κ1) is 20.4. The summed E-state index contributed by atoms with van der Waals surface area (Å²) in [6.45, 7) is 8.72. The van der Waals surface area contributed by atoms with E-state index in [1.54, 1.807) is 13.0 Å². The van der Waals surface area contributed by atoms with Crippen molar-refractivity contribution in [2.75, 3.05) is 6.61 Å². The maximum Gasteiger partial charge on any atom is 0.434 e. The van der Waals surface area contributed by atoms with Crippen LogP contribution in [0.5, 0.6) is 11.5 Å². The number of nitrogens with zero attached hydrogens (tertiary/aromatic N) is 1. The van der Waals surface area contributed by atoms with Crippen LogP contribution in [0.3, 0.4) is 0 Å². The van der Waals surface area contributed by atoms with Crippen LogP contribution in [0.1, 0.15) is 52.5 Å². The van der Waals surface area contributed by atoms with Crippen molar-refractivity contribution in [3.63, 3.8) is 0 Å². The molecule has 1 aromatic carbocycles. The molecular formula is C20H31NO5. The molecule has 1 amide bonds. The minimum atomic E-state index is -0.472. The molecule has 3 atom stereocenters. The SMILES string of the molecule is CCOC(=O)N(OCc1ccc(O)c(O)c1)[C@@H]1C[C@H](C)CC[C@H]1C(C)C. The Morgan fingerprint density at radius 2 is 2.00 bits per heavy atom. The minimum Gasteiger partial charge on any atom is -0.504 e. The van der Waals surface area contributed by atoms with E-state index in [0.717, 1.165) is 19.3 Å². The van der Waals surface area contributed by atoms with Crippen LogP contribution < -0.4 is 0 Å². The number of ether oxygens (including phenoxy) is 1. The van der Waals surface area contributed by atoms with E-state index < -0.39 is 6.09 Å². The van der Waals surface area contributed by atoms with E-state index in [0.29, 0.717) is 23.3 Å². The topological polar surface area (TPSA) is 79.2 Å². The van der Waals surface area contributed by atoms with Crippen molar-refractivity contribution >= 4 is 6.09 Å². The molecule has 0 saturated heterocycles. The summed E-state index contributed by atoms with van der Waals surface area (Å²) < 4.78 is 5.22. The van der Waals surface area contributed by atoms with E-state index in [9.17, 15) is 15.0 Å². The predicted molar refractivity (Wildman–Crippen MR) is 98.6 cm³/mol. The number of carbonyl (C=O) groups is 1. The van der Waals surface area contributed by atoms with Gasteiger partial charge in [-0.3, -0.25) is 4.84 Å². The summed E-state index contributed by atoms with van der Waals surface area (Å²) >= 11 is 0. The molecule has 6 heteroatoms. The Balaban J connectivity index is 2.18. The van der Waals surface area contributed by atoms with Crippen molar-refractivity contribution in [1.29, 1.82) is 0 Å². The summed E-state index contributed by atoms with van der Waals surface area (Å²) in [5, 5.41) is 20.5. The van der Waals surface area contributed by atoms with Gasteiger partial charge in [-0.1, -0.05) is 33.3 Å². The Labute approximate surface area is 155 Å². The Hall–Kier alpha value is -1.95. The Bertz CT molecular complexity index is 604. The predicted octanol–water partition coefficient (Wildman–Crippen LogP) is 4.45. The lowest BCUT2D eigenvalue weighted by Crippen LogP contribution is -2.48. The van der Waals surface area contributed by atoms with Gasteiger partial charge in [0.25, 0.3) is 0 Å². The molecule has 0 aromatic heterocycles. The van der Waals surface area contributed by atoms with Gasteiger partial charge in [0.1, 0.15) is 6.61 Å². The van der Waals surface area contributed by atoms with E-state index in [4.69, 9.17) is 9.57 Å². The summed E-state index contributed by atoms with van der Waals surface area (Å²) in [5.41, 5.74) is 0.666. The van der Waals surface area contributed by atoms with Gasteiger partial charge in [0, 0.05) is 0 Å². The summed E-state index contributed by atoms with van der Waals surface area (Å²) in [7, 11) is 0. The molecule has 26 heavy (non-hydrogen) atoms. The van der Waals surface area contributed by atoms with Gasteiger partial charge in [-0.25, -0.2) is 4.79 Å². The van der Waals surface area contributed by atoms with Crippen LogP contribution in [0.25, 0.3) is 0 Å². The van der Waals surface area contributed by atoms with E-state index in [1.165, 1.54) is 17.2 Å². The third-order valence-corrected chi connectivity index (χ3v) is 5.15. The molecule has 0 radical (unpaired) electrons. The molecule has 0 bridgehead atoms. The highest BCUT2D eigenvalue weighted by Gasteiger charge is 2.38. The van der Waals surface area contributed by atoms with Gasteiger partial charge in [0.15, 0.2) is 11.5 Å². The molecule has 1 aliphatic carbocycles. The number of carbonyl (C=O) groups excluding carboxylic acids is 1. The van der Waals surface area contributed by atoms with Crippen molar-refractivity contribution < 1.29 is 24.6 Å². The van der Waals surface area contributed by atoms with Crippen molar-refractivity contribution in [3.8, 4) is 11.5 Å². The molecule has 6 nitrogen and oxygen atoms in total. The molecule has 2 N–H and O–H groups in total. The number of amides is 1. The van der Waals surface area contributed by atoms with Crippen LogP contribution in [0.4, 0.5) is 4.79 Å². The fourth-order valence-corrected chi connectivity index (χ4v) is 3.70. The third-order valence-electron chi connectivity index (χ3n) is 5.15. The lowest BCUT2D eigenvalue weighted by molar-refractivity contribution is -0.192. The molecule has 1 aromatic rings. The average molecular weight is 365 g/mol. The Kier molecular flexibility index (Phi) is 7.14. The number of phenols is 2. The molecule has 0 spiro atoms. The second-order valence-corrected chi connectivity index (χ2v) is 7.51. The van der Waals surface area contributed by atoms with Gasteiger partial charge in [-0.15, -0.1) is 0 Å². The first-order valence-corrected chi connectivity index (χ1v) is 9.43. The van der Waals surface area contributed by atoms with E-state index in [1.807, 2.05) is 0 Å². The van der Waals surface area contributed by atoms with E-state index in [2.05, 4.69) is 20.8 Å².